The Labute approximate surface area is 173 Å². The highest BCUT2D eigenvalue weighted by atomic mass is 16.5. The van der Waals surface area contributed by atoms with E-state index >= 15 is 0 Å². The molecule has 30 heavy (non-hydrogen) atoms. The summed E-state index contributed by atoms with van der Waals surface area (Å²) in [4.78, 5) is 34.3. The average molecular weight is 401 g/mol. The van der Waals surface area contributed by atoms with Gasteiger partial charge in [-0.3, -0.25) is 14.6 Å². The number of hydrogen-bond donors (Lipinski definition) is 0. The monoisotopic (exact) mass is 401 g/mol. The zero-order valence-corrected chi connectivity index (χ0v) is 16.2. The minimum atomic E-state index is -0.859. The topological polar surface area (TPSA) is 96.7 Å². The van der Waals surface area contributed by atoms with Crippen molar-refractivity contribution in [3.05, 3.63) is 95.6 Å². The molecule has 1 aromatic carbocycles. The zero-order chi connectivity index (χ0) is 21.1. The highest BCUT2D eigenvalue weighted by Gasteiger charge is 2.45. The van der Waals surface area contributed by atoms with Crippen LogP contribution in [0, 0.1) is 0 Å². The Balaban J connectivity index is 1.90. The molecular weight excluding hydrogens is 382 g/mol. The van der Waals surface area contributed by atoms with Crippen LogP contribution in [0.2, 0.25) is 0 Å². The summed E-state index contributed by atoms with van der Waals surface area (Å²) in [5.41, 5.74) is 1.60. The number of carbonyl (C=O) groups excluding carboxylic acids is 2. The van der Waals surface area contributed by atoms with E-state index in [4.69, 9.17) is 4.74 Å². The van der Waals surface area contributed by atoms with E-state index in [2.05, 4.69) is 9.97 Å². The number of Topliss-reactive ketones (excluding diaryl/α,β-unsaturated/α-hetero) is 1. The Kier molecular flexibility index (Phi) is 5.26. The van der Waals surface area contributed by atoms with Gasteiger partial charge in [0.05, 0.1) is 19.7 Å². The summed E-state index contributed by atoms with van der Waals surface area (Å²) < 4.78 is 5.47. The van der Waals surface area contributed by atoms with E-state index in [1.807, 2.05) is 12.1 Å². The summed E-state index contributed by atoms with van der Waals surface area (Å²) in [7, 11) is 1.51. The highest BCUT2D eigenvalue weighted by Crippen LogP contribution is 2.42. The SMILES string of the molecule is COc1ccccc1C1C(=C([O-])c2ccncc2)C(=O)C(=O)N1Cc1ccc[nH+]c1. The Morgan fingerprint density at radius 3 is 2.60 bits per heavy atom. The lowest BCUT2D eigenvalue weighted by atomic mass is 9.94. The number of amides is 1. The Morgan fingerprint density at radius 2 is 1.90 bits per heavy atom. The van der Waals surface area contributed by atoms with E-state index in [-0.39, 0.29) is 12.1 Å². The minimum absolute atomic E-state index is 0.0874. The molecule has 1 aliphatic rings. The zero-order valence-electron chi connectivity index (χ0n) is 16.2. The molecule has 4 rings (SSSR count). The second-order valence-electron chi connectivity index (χ2n) is 6.80. The van der Waals surface area contributed by atoms with Gasteiger partial charge in [0.2, 0.25) is 5.78 Å². The largest absolute Gasteiger partial charge is 0.872 e. The standard InChI is InChI=1S/C23H19N3O4/c1-30-18-7-3-2-6-17(18)20-19(21(27)16-8-11-24-12-9-16)22(28)23(29)26(20)14-15-5-4-10-25-13-15/h2-13,20,27H,14H2,1H3. The van der Waals surface area contributed by atoms with E-state index in [0.717, 1.165) is 5.56 Å². The number of benzene rings is 1. The smallest absolute Gasteiger partial charge is 0.295 e. The number of hydrogen-bond acceptors (Lipinski definition) is 5. The van der Waals surface area contributed by atoms with Gasteiger partial charge in [-0.2, -0.15) is 0 Å². The lowest BCUT2D eigenvalue weighted by Gasteiger charge is -2.28. The van der Waals surface area contributed by atoms with Crippen LogP contribution in [0.4, 0.5) is 0 Å². The lowest BCUT2D eigenvalue weighted by molar-refractivity contribution is -0.378. The van der Waals surface area contributed by atoms with E-state index in [1.54, 1.807) is 36.7 Å². The number of ether oxygens (including phenoxy) is 1. The molecule has 3 heterocycles. The summed E-state index contributed by atoms with van der Waals surface area (Å²) in [6.45, 7) is 0.164. The van der Waals surface area contributed by atoms with Gasteiger partial charge in [-0.15, -0.1) is 0 Å². The maximum atomic E-state index is 13.3. The number of pyridine rings is 2. The first kappa shape index (κ1) is 19.3. The first-order chi connectivity index (χ1) is 14.6. The number of carbonyl (C=O) groups is 2. The molecule has 1 amide bonds. The molecule has 0 spiro atoms. The van der Waals surface area contributed by atoms with Crippen LogP contribution in [-0.4, -0.2) is 28.7 Å². The van der Waals surface area contributed by atoms with Crippen molar-refractivity contribution in [3.63, 3.8) is 0 Å². The van der Waals surface area contributed by atoms with E-state index < -0.39 is 23.5 Å². The predicted octanol–water partition coefficient (Wildman–Crippen LogP) is 1.33. The molecule has 1 unspecified atom stereocenters. The first-order valence-electron chi connectivity index (χ1n) is 9.36. The van der Waals surface area contributed by atoms with Gasteiger partial charge in [-0.05, 0) is 29.8 Å². The number of methoxy groups -OCH3 is 1. The van der Waals surface area contributed by atoms with Crippen LogP contribution in [0.5, 0.6) is 5.75 Å². The number of nitrogens with one attached hydrogen (secondary N) is 1. The minimum Gasteiger partial charge on any atom is -0.872 e. The number of nitrogens with zero attached hydrogens (tertiary/aromatic N) is 2. The molecule has 3 aromatic rings. The predicted molar refractivity (Wildman–Crippen MR) is 105 cm³/mol. The molecule has 1 atom stereocenters. The van der Waals surface area contributed by atoms with Crippen molar-refractivity contribution in [2.45, 2.75) is 12.6 Å². The maximum absolute atomic E-state index is 13.3. The van der Waals surface area contributed by atoms with Gasteiger partial charge in [0.1, 0.15) is 5.75 Å². The summed E-state index contributed by atoms with van der Waals surface area (Å²) >= 11 is 0. The van der Waals surface area contributed by atoms with Crippen molar-refractivity contribution >= 4 is 17.4 Å². The van der Waals surface area contributed by atoms with Crippen LogP contribution in [-0.2, 0) is 16.1 Å². The number of para-hydroxylation sites is 1. The van der Waals surface area contributed by atoms with Crippen molar-refractivity contribution in [2.75, 3.05) is 7.11 Å². The molecule has 1 fully saturated rings. The van der Waals surface area contributed by atoms with Crippen LogP contribution in [0.15, 0.2) is 78.9 Å². The number of aromatic nitrogens is 2. The van der Waals surface area contributed by atoms with Crippen molar-refractivity contribution in [1.29, 1.82) is 0 Å². The molecule has 2 aromatic heterocycles. The van der Waals surface area contributed by atoms with Crippen LogP contribution in [0.25, 0.3) is 5.76 Å². The third kappa shape index (κ3) is 3.41. The van der Waals surface area contributed by atoms with E-state index in [1.165, 1.54) is 36.5 Å². The van der Waals surface area contributed by atoms with Crippen LogP contribution in [0.1, 0.15) is 22.7 Å². The van der Waals surface area contributed by atoms with Gasteiger partial charge in [0.15, 0.2) is 12.4 Å². The summed E-state index contributed by atoms with van der Waals surface area (Å²) in [5, 5.41) is 13.3. The van der Waals surface area contributed by atoms with Gasteiger partial charge in [0.25, 0.3) is 5.91 Å². The van der Waals surface area contributed by atoms with Crippen molar-refractivity contribution < 1.29 is 24.4 Å². The Morgan fingerprint density at radius 1 is 1.13 bits per heavy atom. The normalized spacial score (nSPS) is 17.9. The molecule has 1 N–H and O–H groups in total. The number of ketones is 1. The van der Waals surface area contributed by atoms with Gasteiger partial charge in [-0.25, -0.2) is 4.98 Å². The van der Waals surface area contributed by atoms with Gasteiger partial charge in [-0.1, -0.05) is 24.0 Å². The van der Waals surface area contributed by atoms with E-state index in [9.17, 15) is 14.7 Å². The second kappa shape index (κ2) is 8.16. The molecule has 0 bridgehead atoms. The molecule has 0 radical (unpaired) electrons. The fourth-order valence-corrected chi connectivity index (χ4v) is 3.63. The van der Waals surface area contributed by atoms with Gasteiger partial charge < -0.3 is 14.7 Å². The molecule has 150 valence electrons. The van der Waals surface area contributed by atoms with Crippen LogP contribution < -0.4 is 14.8 Å². The molecule has 0 saturated carbocycles. The van der Waals surface area contributed by atoms with Crippen molar-refractivity contribution in [1.82, 2.24) is 9.88 Å². The number of H-pyrrole nitrogens is 1. The molecule has 0 aliphatic carbocycles. The van der Waals surface area contributed by atoms with Crippen LogP contribution in [0.3, 0.4) is 0 Å². The Bertz CT molecular complexity index is 1110. The van der Waals surface area contributed by atoms with E-state index in [0.29, 0.717) is 16.9 Å². The number of aromatic amines is 1. The summed E-state index contributed by atoms with van der Waals surface area (Å²) in [6, 6.07) is 12.9. The number of likely N-dealkylation sites (tertiary alicyclic amines) is 1. The van der Waals surface area contributed by atoms with Crippen molar-refractivity contribution in [2.24, 2.45) is 0 Å². The molecule has 7 heteroatoms. The molecule has 1 saturated heterocycles. The fraction of sp³-hybridized carbons (Fsp3) is 0.130. The lowest BCUT2D eigenvalue weighted by Crippen LogP contribution is -2.29. The average Bonchev–Trinajstić information content (AvgIpc) is 3.04. The Hall–Kier alpha value is -4.00. The molecular formula is C23H19N3O4. The number of rotatable bonds is 5. The van der Waals surface area contributed by atoms with Gasteiger partial charge >= 0.3 is 0 Å². The molecule has 7 nitrogen and oxygen atoms in total. The maximum Gasteiger partial charge on any atom is 0.295 e. The van der Waals surface area contributed by atoms with Crippen LogP contribution >= 0.6 is 0 Å². The summed E-state index contributed by atoms with van der Waals surface area (Å²) in [6.07, 6.45) is 6.46. The van der Waals surface area contributed by atoms with Gasteiger partial charge in [0, 0.05) is 35.2 Å². The summed E-state index contributed by atoms with van der Waals surface area (Å²) in [5.74, 6) is -1.51. The second-order valence-corrected chi connectivity index (χ2v) is 6.80. The first-order valence-corrected chi connectivity index (χ1v) is 9.36. The fourth-order valence-electron chi connectivity index (χ4n) is 3.63. The third-order valence-corrected chi connectivity index (χ3v) is 5.03. The highest BCUT2D eigenvalue weighted by molar-refractivity contribution is 6.46. The quantitative estimate of drug-likeness (QED) is 0.365. The van der Waals surface area contributed by atoms with Crippen molar-refractivity contribution in [3.8, 4) is 5.75 Å². The third-order valence-electron chi connectivity index (χ3n) is 5.03. The molecule has 1 aliphatic heterocycles.